The van der Waals surface area contributed by atoms with Gasteiger partial charge in [-0.1, -0.05) is 33.8 Å². The fourth-order valence-corrected chi connectivity index (χ4v) is 6.29. The Kier molecular flexibility index (Phi) is 6.03. The van der Waals surface area contributed by atoms with Crippen molar-refractivity contribution in [2.45, 2.75) is 32.9 Å². The van der Waals surface area contributed by atoms with Gasteiger partial charge in [-0.15, -0.1) is 6.58 Å². The highest BCUT2D eigenvalue weighted by Crippen LogP contribution is 2.62. The van der Waals surface area contributed by atoms with Crippen LogP contribution in [0.15, 0.2) is 12.7 Å². The highest BCUT2D eigenvalue weighted by atomic mass is 32.2. The van der Waals surface area contributed by atoms with Crippen molar-refractivity contribution >= 4 is 17.4 Å². The summed E-state index contributed by atoms with van der Waals surface area (Å²) in [5.41, 5.74) is 0. The van der Waals surface area contributed by atoms with Gasteiger partial charge in [-0.2, -0.15) is 0 Å². The lowest BCUT2D eigenvalue weighted by Crippen LogP contribution is -2.49. The third-order valence-electron chi connectivity index (χ3n) is 3.72. The van der Waals surface area contributed by atoms with E-state index in [0.717, 1.165) is 6.26 Å². The van der Waals surface area contributed by atoms with Crippen LogP contribution >= 0.6 is 7.60 Å². The third-order valence-corrected chi connectivity index (χ3v) is 7.05. The molecule has 19 heavy (non-hydrogen) atoms. The van der Waals surface area contributed by atoms with Crippen LogP contribution in [-0.2, 0) is 14.4 Å². The first-order chi connectivity index (χ1) is 8.30. The molecule has 0 aromatic rings. The second kappa shape index (κ2) is 6.08. The summed E-state index contributed by atoms with van der Waals surface area (Å²) in [6.07, 6.45) is 2.43. The Hall–Kier alpha value is -0.160. The highest BCUT2D eigenvalue weighted by Gasteiger charge is 2.56. The molecule has 0 aliphatic rings. The molecule has 0 spiro atoms. The average molecular weight is 312 g/mol. The Balaban J connectivity index is 6.10. The van der Waals surface area contributed by atoms with Crippen LogP contribution < -0.4 is 0 Å². The van der Waals surface area contributed by atoms with Gasteiger partial charge in [0, 0.05) is 12.2 Å². The maximum absolute atomic E-state index is 12.1. The maximum atomic E-state index is 12.1. The van der Waals surface area contributed by atoms with Crippen molar-refractivity contribution in [1.82, 2.24) is 0 Å². The monoisotopic (exact) mass is 312 g/mol. The van der Waals surface area contributed by atoms with Crippen molar-refractivity contribution in [3.05, 3.63) is 12.7 Å². The van der Waals surface area contributed by atoms with E-state index in [4.69, 9.17) is 0 Å². The first kappa shape index (κ1) is 18.8. The molecule has 0 fully saturated rings. The third kappa shape index (κ3) is 3.91. The summed E-state index contributed by atoms with van der Waals surface area (Å²) in [6.45, 7) is 10.4. The number of allylic oxidation sites excluding steroid dienone is 1. The molecule has 0 rings (SSSR count). The van der Waals surface area contributed by atoms with E-state index in [0.29, 0.717) is 0 Å². The van der Waals surface area contributed by atoms with E-state index < -0.39 is 28.5 Å². The zero-order valence-corrected chi connectivity index (χ0v) is 13.9. The molecule has 0 amide bonds. The second-order valence-corrected chi connectivity index (χ2v) is 9.72. The second-order valence-electron chi connectivity index (χ2n) is 5.68. The Morgan fingerprint density at radius 2 is 1.58 bits per heavy atom. The minimum atomic E-state index is -4.51. The summed E-state index contributed by atoms with van der Waals surface area (Å²) in [6, 6.07) is 0. The zero-order valence-electron chi connectivity index (χ0n) is 12.2. The predicted octanol–water partition coefficient (Wildman–Crippen LogP) is 2.06. The molecule has 0 aliphatic heterocycles. The average Bonchev–Trinajstić information content (AvgIpc) is 2.11. The van der Waals surface area contributed by atoms with Crippen LogP contribution in [0.1, 0.15) is 27.7 Å². The van der Waals surface area contributed by atoms with Crippen molar-refractivity contribution in [1.29, 1.82) is 0 Å². The molecule has 0 aromatic carbocycles. The molecule has 0 bridgehead atoms. The molecule has 5 nitrogen and oxygen atoms in total. The van der Waals surface area contributed by atoms with Crippen molar-refractivity contribution in [3.63, 3.8) is 0 Å². The molecule has 2 N–H and O–H groups in total. The summed E-state index contributed by atoms with van der Waals surface area (Å²) in [5, 5.41) is -1.42. The zero-order chi connectivity index (χ0) is 15.6. The molecule has 114 valence electrons. The molecule has 0 aliphatic carbocycles. The molecule has 1 atom stereocenters. The quantitative estimate of drug-likeness (QED) is 0.554. The maximum Gasteiger partial charge on any atom is 0.332 e. The van der Waals surface area contributed by atoms with Crippen molar-refractivity contribution in [3.8, 4) is 0 Å². The molecular formula is C12H25O5PS. The number of sulfone groups is 1. The van der Waals surface area contributed by atoms with Crippen LogP contribution in [0.3, 0.4) is 0 Å². The summed E-state index contributed by atoms with van der Waals surface area (Å²) in [4.78, 5) is 19.7. The molecule has 7 heteroatoms. The van der Waals surface area contributed by atoms with Crippen LogP contribution in [0.25, 0.3) is 0 Å². The number of hydrogen-bond acceptors (Lipinski definition) is 3. The van der Waals surface area contributed by atoms with Crippen molar-refractivity contribution < 1.29 is 22.8 Å². The van der Waals surface area contributed by atoms with Gasteiger partial charge in [-0.3, -0.25) is 4.57 Å². The van der Waals surface area contributed by atoms with Crippen LogP contribution in [0.5, 0.6) is 0 Å². The number of rotatable bonds is 7. The predicted molar refractivity (Wildman–Crippen MR) is 77.8 cm³/mol. The fourth-order valence-electron chi connectivity index (χ4n) is 3.13. The van der Waals surface area contributed by atoms with E-state index in [1.54, 1.807) is 27.7 Å². The smallest absolute Gasteiger partial charge is 0.324 e. The molecule has 0 radical (unpaired) electrons. The van der Waals surface area contributed by atoms with Gasteiger partial charge in [-0.05, 0) is 11.8 Å². The van der Waals surface area contributed by atoms with E-state index in [-0.39, 0.29) is 17.6 Å². The normalized spacial score (nSPS) is 15.8. The Bertz CT molecular complexity index is 453. The van der Waals surface area contributed by atoms with Gasteiger partial charge < -0.3 is 9.79 Å². The molecule has 0 aromatic heterocycles. The minimum absolute atomic E-state index is 0.308. The molecular weight excluding hydrogens is 287 g/mol. The first-order valence-corrected chi connectivity index (χ1v) is 9.83. The van der Waals surface area contributed by atoms with Gasteiger partial charge in [0.1, 0.15) is 9.84 Å². The van der Waals surface area contributed by atoms with Gasteiger partial charge >= 0.3 is 7.60 Å². The largest absolute Gasteiger partial charge is 0.332 e. The lowest BCUT2D eigenvalue weighted by atomic mass is 9.75. The minimum Gasteiger partial charge on any atom is -0.324 e. The van der Waals surface area contributed by atoms with E-state index >= 15 is 0 Å². The fraction of sp³-hybridized carbons (Fsp3) is 0.833. The Labute approximate surface area is 116 Å². The highest BCUT2D eigenvalue weighted by molar-refractivity contribution is 7.90. The van der Waals surface area contributed by atoms with Gasteiger partial charge in [0.15, 0.2) is 0 Å². The summed E-state index contributed by atoms with van der Waals surface area (Å²) in [7, 11) is -7.87. The van der Waals surface area contributed by atoms with E-state index in [2.05, 4.69) is 6.58 Å². The number of hydrogen-bond donors (Lipinski definition) is 2. The Morgan fingerprint density at radius 1 is 1.21 bits per heavy atom. The van der Waals surface area contributed by atoms with E-state index in [1.165, 1.54) is 6.08 Å². The topological polar surface area (TPSA) is 91.7 Å². The molecule has 0 saturated carbocycles. The van der Waals surface area contributed by atoms with Crippen molar-refractivity contribution in [2.75, 3.05) is 12.0 Å². The van der Waals surface area contributed by atoms with Gasteiger partial charge in [-0.25, -0.2) is 8.42 Å². The summed E-state index contributed by atoms with van der Waals surface area (Å²) in [5.74, 6) is -1.85. The van der Waals surface area contributed by atoms with Gasteiger partial charge in [0.2, 0.25) is 0 Å². The first-order valence-electron chi connectivity index (χ1n) is 6.16. The van der Waals surface area contributed by atoms with Crippen LogP contribution in [0.2, 0.25) is 0 Å². The molecule has 0 heterocycles. The summed E-state index contributed by atoms with van der Waals surface area (Å²) < 4.78 is 35.1. The van der Waals surface area contributed by atoms with E-state index in [1.807, 2.05) is 0 Å². The van der Waals surface area contributed by atoms with Crippen LogP contribution in [-0.4, -0.2) is 35.4 Å². The van der Waals surface area contributed by atoms with Crippen molar-refractivity contribution in [2.24, 2.45) is 17.8 Å². The van der Waals surface area contributed by atoms with Gasteiger partial charge in [0.05, 0.1) is 10.9 Å². The van der Waals surface area contributed by atoms with E-state index in [9.17, 15) is 22.8 Å². The summed E-state index contributed by atoms with van der Waals surface area (Å²) >= 11 is 0. The standard InChI is InChI=1S/C12H25O5PS/c1-7-11(8-19(6,16)17)12(9(2)3,10(4)5)18(13,14)15/h7,9-11H,1,8H2,2-6H3,(H2,13,14,15)/t11-/m1/s1. The van der Waals surface area contributed by atoms with Crippen LogP contribution in [0.4, 0.5) is 0 Å². The lowest BCUT2D eigenvalue weighted by molar-refractivity contribution is 0.201. The van der Waals surface area contributed by atoms with Gasteiger partial charge in [0.25, 0.3) is 0 Å². The Morgan fingerprint density at radius 3 is 1.74 bits per heavy atom. The SMILES string of the molecule is C=C[C@H](CS(C)(=O)=O)C(C(C)C)(C(C)C)P(=O)(O)O. The lowest BCUT2D eigenvalue weighted by Gasteiger charge is -2.46. The van der Waals surface area contributed by atoms with Crippen LogP contribution in [0, 0.1) is 17.8 Å². The molecule has 0 saturated heterocycles. The molecule has 0 unspecified atom stereocenters.